The van der Waals surface area contributed by atoms with Crippen molar-refractivity contribution in [2.45, 2.75) is 40.5 Å². The molecule has 0 amide bonds. The van der Waals surface area contributed by atoms with Crippen molar-refractivity contribution >= 4 is 5.78 Å². The highest BCUT2D eigenvalue weighted by Gasteiger charge is 2.06. The zero-order valence-electron chi connectivity index (χ0n) is 14.8. The van der Waals surface area contributed by atoms with Gasteiger partial charge < -0.3 is 18.9 Å². The second kappa shape index (κ2) is 15.4. The molecule has 0 unspecified atom stereocenters. The molecule has 0 saturated heterocycles. The number of carbonyl (C=O) groups excluding carboxylic acids is 1. The van der Waals surface area contributed by atoms with Crippen LogP contribution in [0, 0.1) is 11.8 Å². The van der Waals surface area contributed by atoms with E-state index in [1.807, 2.05) is 13.8 Å². The molecule has 0 aromatic carbocycles. The Morgan fingerprint density at radius 3 is 1.64 bits per heavy atom. The van der Waals surface area contributed by atoms with E-state index in [1.54, 1.807) is 0 Å². The van der Waals surface area contributed by atoms with E-state index < -0.39 is 0 Å². The van der Waals surface area contributed by atoms with Gasteiger partial charge in [-0.1, -0.05) is 27.7 Å². The third-order valence-electron chi connectivity index (χ3n) is 3.07. The van der Waals surface area contributed by atoms with E-state index >= 15 is 0 Å². The second-order valence-electron chi connectivity index (χ2n) is 6.05. The summed E-state index contributed by atoms with van der Waals surface area (Å²) >= 11 is 0. The quantitative estimate of drug-likeness (QED) is 0.410. The minimum Gasteiger partial charge on any atom is -0.379 e. The van der Waals surface area contributed by atoms with Crippen LogP contribution < -0.4 is 0 Å². The highest BCUT2D eigenvalue weighted by atomic mass is 16.6. The first kappa shape index (κ1) is 21.5. The molecule has 5 heteroatoms. The Morgan fingerprint density at radius 2 is 1.18 bits per heavy atom. The molecular formula is C17H34O5. The first-order valence-electron chi connectivity index (χ1n) is 8.37. The van der Waals surface area contributed by atoms with Crippen molar-refractivity contribution in [2.75, 3.05) is 52.9 Å². The van der Waals surface area contributed by atoms with Crippen molar-refractivity contribution in [3.63, 3.8) is 0 Å². The normalized spacial score (nSPS) is 11.5. The Labute approximate surface area is 135 Å². The molecule has 0 aliphatic rings. The summed E-state index contributed by atoms with van der Waals surface area (Å²) in [6.45, 7) is 12.4. The maximum absolute atomic E-state index is 11.3. The van der Waals surface area contributed by atoms with E-state index in [9.17, 15) is 4.79 Å². The van der Waals surface area contributed by atoms with Gasteiger partial charge in [0.05, 0.1) is 39.6 Å². The van der Waals surface area contributed by atoms with Crippen LogP contribution >= 0.6 is 0 Å². The minimum atomic E-state index is 0.0295. The Balaban J connectivity index is 3.07. The van der Waals surface area contributed by atoms with Gasteiger partial charge in [0.2, 0.25) is 0 Å². The summed E-state index contributed by atoms with van der Waals surface area (Å²) in [5, 5.41) is 0. The standard InChI is InChI=1S/C17H34O5/c1-15(2)6-5-7-19-8-9-20-10-11-21-12-13-22-14-17(18)16(3)4/h15-16H,5-14H2,1-4H3. The summed E-state index contributed by atoms with van der Waals surface area (Å²) in [6.07, 6.45) is 2.32. The van der Waals surface area contributed by atoms with Crippen LogP contribution in [0.2, 0.25) is 0 Å². The molecule has 0 N–H and O–H groups in total. The molecule has 0 aromatic rings. The molecule has 22 heavy (non-hydrogen) atoms. The van der Waals surface area contributed by atoms with Crippen LogP contribution in [-0.4, -0.2) is 58.6 Å². The maximum atomic E-state index is 11.3. The Kier molecular flexibility index (Phi) is 15.1. The van der Waals surface area contributed by atoms with Crippen LogP contribution in [0.3, 0.4) is 0 Å². The van der Waals surface area contributed by atoms with Gasteiger partial charge in [-0.15, -0.1) is 0 Å². The van der Waals surface area contributed by atoms with Crippen molar-refractivity contribution in [1.29, 1.82) is 0 Å². The topological polar surface area (TPSA) is 54.0 Å². The highest BCUT2D eigenvalue weighted by Crippen LogP contribution is 2.02. The number of ketones is 1. The predicted molar refractivity (Wildman–Crippen MR) is 87.2 cm³/mol. The Morgan fingerprint density at radius 1 is 0.727 bits per heavy atom. The zero-order valence-corrected chi connectivity index (χ0v) is 14.8. The van der Waals surface area contributed by atoms with Gasteiger partial charge in [-0.3, -0.25) is 4.79 Å². The van der Waals surface area contributed by atoms with Crippen LogP contribution in [0.5, 0.6) is 0 Å². The summed E-state index contributed by atoms with van der Waals surface area (Å²) in [5.74, 6) is 0.892. The summed E-state index contributed by atoms with van der Waals surface area (Å²) in [7, 11) is 0. The van der Waals surface area contributed by atoms with E-state index in [0.29, 0.717) is 39.6 Å². The molecule has 0 bridgehead atoms. The lowest BCUT2D eigenvalue weighted by Gasteiger charge is -2.08. The minimum absolute atomic E-state index is 0.0295. The summed E-state index contributed by atoms with van der Waals surface area (Å²) in [4.78, 5) is 11.3. The molecule has 5 nitrogen and oxygen atoms in total. The fraction of sp³-hybridized carbons (Fsp3) is 0.941. The summed E-state index contributed by atoms with van der Waals surface area (Å²) in [5.41, 5.74) is 0. The van der Waals surface area contributed by atoms with Crippen LogP contribution in [0.15, 0.2) is 0 Å². The average molecular weight is 318 g/mol. The maximum Gasteiger partial charge on any atom is 0.160 e. The largest absolute Gasteiger partial charge is 0.379 e. The fourth-order valence-corrected chi connectivity index (χ4v) is 1.59. The van der Waals surface area contributed by atoms with Gasteiger partial charge in [-0.2, -0.15) is 0 Å². The van der Waals surface area contributed by atoms with E-state index in [-0.39, 0.29) is 18.3 Å². The third-order valence-corrected chi connectivity index (χ3v) is 3.07. The number of hydrogen-bond donors (Lipinski definition) is 0. The van der Waals surface area contributed by atoms with E-state index in [1.165, 1.54) is 6.42 Å². The lowest BCUT2D eigenvalue weighted by Crippen LogP contribution is -2.17. The molecule has 0 atom stereocenters. The molecule has 0 radical (unpaired) electrons. The van der Waals surface area contributed by atoms with Crippen molar-refractivity contribution in [1.82, 2.24) is 0 Å². The fourth-order valence-electron chi connectivity index (χ4n) is 1.59. The van der Waals surface area contributed by atoms with Crippen molar-refractivity contribution in [2.24, 2.45) is 11.8 Å². The highest BCUT2D eigenvalue weighted by molar-refractivity contribution is 5.81. The lowest BCUT2D eigenvalue weighted by molar-refractivity contribution is -0.127. The van der Waals surface area contributed by atoms with Crippen LogP contribution in [0.25, 0.3) is 0 Å². The summed E-state index contributed by atoms with van der Waals surface area (Å²) < 4.78 is 21.4. The average Bonchev–Trinajstić information content (AvgIpc) is 2.46. The lowest BCUT2D eigenvalue weighted by atomic mass is 10.1. The van der Waals surface area contributed by atoms with Crippen molar-refractivity contribution < 1.29 is 23.7 Å². The van der Waals surface area contributed by atoms with Crippen LogP contribution in [0.4, 0.5) is 0 Å². The molecule has 0 fully saturated rings. The van der Waals surface area contributed by atoms with Gasteiger partial charge in [-0.05, 0) is 18.8 Å². The van der Waals surface area contributed by atoms with E-state index in [0.717, 1.165) is 18.9 Å². The van der Waals surface area contributed by atoms with Crippen LogP contribution in [-0.2, 0) is 23.7 Å². The molecule has 0 aromatic heterocycles. The molecule has 0 spiro atoms. The SMILES string of the molecule is CC(C)CCCOCCOCCOCCOCC(=O)C(C)C. The smallest absolute Gasteiger partial charge is 0.160 e. The molecule has 0 saturated carbocycles. The first-order chi connectivity index (χ1) is 10.5. The molecule has 132 valence electrons. The number of rotatable bonds is 16. The number of ether oxygens (including phenoxy) is 4. The van der Waals surface area contributed by atoms with Crippen molar-refractivity contribution in [3.05, 3.63) is 0 Å². The van der Waals surface area contributed by atoms with Crippen molar-refractivity contribution in [3.8, 4) is 0 Å². The van der Waals surface area contributed by atoms with Crippen LogP contribution in [0.1, 0.15) is 40.5 Å². The molecular weight excluding hydrogens is 284 g/mol. The van der Waals surface area contributed by atoms with E-state index in [4.69, 9.17) is 18.9 Å². The van der Waals surface area contributed by atoms with Gasteiger partial charge in [0, 0.05) is 12.5 Å². The number of Topliss-reactive ketones (excluding diaryl/α,β-unsaturated/α-hetero) is 1. The number of carbonyl (C=O) groups is 1. The molecule has 0 aliphatic carbocycles. The Bertz CT molecular complexity index is 253. The molecule has 0 rings (SSSR count). The third kappa shape index (κ3) is 15.9. The van der Waals surface area contributed by atoms with Gasteiger partial charge in [0.1, 0.15) is 6.61 Å². The summed E-state index contributed by atoms with van der Waals surface area (Å²) in [6, 6.07) is 0. The first-order valence-corrected chi connectivity index (χ1v) is 8.37. The predicted octanol–water partition coefficient (Wildman–Crippen LogP) is 2.71. The van der Waals surface area contributed by atoms with Gasteiger partial charge >= 0.3 is 0 Å². The van der Waals surface area contributed by atoms with Gasteiger partial charge in [0.25, 0.3) is 0 Å². The van der Waals surface area contributed by atoms with Gasteiger partial charge in [0.15, 0.2) is 5.78 Å². The molecule has 0 aliphatic heterocycles. The number of hydrogen-bond acceptors (Lipinski definition) is 5. The second-order valence-corrected chi connectivity index (χ2v) is 6.05. The zero-order chi connectivity index (χ0) is 16.6. The Hall–Kier alpha value is -0.490. The monoisotopic (exact) mass is 318 g/mol. The molecule has 0 heterocycles. The van der Waals surface area contributed by atoms with Gasteiger partial charge in [-0.25, -0.2) is 0 Å². The van der Waals surface area contributed by atoms with E-state index in [2.05, 4.69) is 13.8 Å².